The maximum absolute atomic E-state index is 13.3. The van der Waals surface area contributed by atoms with E-state index in [2.05, 4.69) is 24.0 Å². The minimum Gasteiger partial charge on any atom is -0.465 e. The molecule has 1 N–H and O–H groups in total. The van der Waals surface area contributed by atoms with Crippen LogP contribution >= 0.6 is 0 Å². The third kappa shape index (κ3) is 4.53. The van der Waals surface area contributed by atoms with E-state index in [1.165, 1.54) is 26.0 Å². The minimum atomic E-state index is -0.550. The molecule has 1 fully saturated rings. The van der Waals surface area contributed by atoms with Crippen LogP contribution in [0.25, 0.3) is 4.85 Å². The molecule has 0 spiro atoms. The van der Waals surface area contributed by atoms with Gasteiger partial charge in [-0.25, -0.2) is 9.64 Å². The molecule has 6 nitrogen and oxygen atoms in total. The van der Waals surface area contributed by atoms with Gasteiger partial charge in [0.05, 0.1) is 44.6 Å². The van der Waals surface area contributed by atoms with Crippen LogP contribution in [0.2, 0.25) is 0 Å². The van der Waals surface area contributed by atoms with Gasteiger partial charge >= 0.3 is 5.97 Å². The van der Waals surface area contributed by atoms with Crippen LogP contribution in [0.4, 0.5) is 11.4 Å². The lowest BCUT2D eigenvalue weighted by Gasteiger charge is -2.42. The zero-order valence-electron chi connectivity index (χ0n) is 17.5. The number of rotatable bonds is 6. The number of carbonyl (C=O) groups excluding carboxylic acids is 2. The zero-order valence-corrected chi connectivity index (χ0v) is 17.5. The average molecular weight is 387 g/mol. The highest BCUT2D eigenvalue weighted by atomic mass is 16.5. The van der Waals surface area contributed by atoms with Crippen molar-refractivity contribution in [3.05, 3.63) is 34.7 Å². The van der Waals surface area contributed by atoms with Gasteiger partial charge in [0.15, 0.2) is 11.7 Å². The molecule has 28 heavy (non-hydrogen) atoms. The number of carbonyl (C=O) groups is 2. The number of methoxy groups -OCH3 is 1. The fourth-order valence-corrected chi connectivity index (χ4v) is 4.46. The average Bonchev–Trinajstić information content (AvgIpc) is 2.95. The van der Waals surface area contributed by atoms with Crippen molar-refractivity contribution in [2.24, 2.45) is 0 Å². The van der Waals surface area contributed by atoms with Crippen molar-refractivity contribution in [1.29, 1.82) is 0 Å². The predicted molar refractivity (Wildman–Crippen MR) is 110 cm³/mol. The first kappa shape index (κ1) is 21.9. The molecule has 0 radical (unpaired) electrons. The Balaban J connectivity index is 2.39. The fourth-order valence-electron chi connectivity index (χ4n) is 4.46. The third-order valence-corrected chi connectivity index (χ3v) is 6.04. The van der Waals surface area contributed by atoms with Gasteiger partial charge in [0.2, 0.25) is 0 Å². The van der Waals surface area contributed by atoms with E-state index in [1.54, 1.807) is 13.0 Å². The molecule has 1 aromatic rings. The van der Waals surface area contributed by atoms with Crippen molar-refractivity contribution in [3.8, 4) is 0 Å². The maximum atomic E-state index is 13.3. The van der Waals surface area contributed by atoms with Gasteiger partial charge in [-0.2, -0.15) is 0 Å². The predicted octanol–water partition coefficient (Wildman–Crippen LogP) is 4.46. The summed E-state index contributed by atoms with van der Waals surface area (Å²) in [5.41, 5.74) is 1.73. The van der Waals surface area contributed by atoms with Gasteiger partial charge in [0.1, 0.15) is 0 Å². The van der Waals surface area contributed by atoms with Crippen molar-refractivity contribution in [2.75, 3.05) is 32.1 Å². The number of esters is 1. The number of nitrogens with one attached hydrogen (secondary N) is 1. The monoisotopic (exact) mass is 386 g/mol. The number of likely N-dealkylation sites (tertiary alicyclic amines) is 1. The first-order valence-electron chi connectivity index (χ1n) is 10.2. The summed E-state index contributed by atoms with van der Waals surface area (Å²) in [5.74, 6) is -0.610. The lowest BCUT2D eigenvalue weighted by Crippen LogP contribution is -2.60. The molecule has 1 unspecified atom stereocenters. The molecule has 1 saturated heterocycles. The lowest BCUT2D eigenvalue weighted by molar-refractivity contribution is -0.940. The summed E-state index contributed by atoms with van der Waals surface area (Å²) in [6, 6.07) is 3.01. The minimum absolute atomic E-state index is 0.0601. The Labute approximate surface area is 168 Å². The second-order valence-corrected chi connectivity index (χ2v) is 7.60. The van der Waals surface area contributed by atoms with Gasteiger partial charge in [-0.1, -0.05) is 13.0 Å². The molecule has 1 aromatic carbocycles. The summed E-state index contributed by atoms with van der Waals surface area (Å²) in [5, 5.41) is 3.01. The summed E-state index contributed by atoms with van der Waals surface area (Å²) in [7, 11) is 1.30. The van der Waals surface area contributed by atoms with Gasteiger partial charge in [0, 0.05) is 6.42 Å². The van der Waals surface area contributed by atoms with Gasteiger partial charge in [-0.15, -0.1) is 0 Å². The number of likely N-dealkylation sites (N-methyl/N-ethyl adjacent to an activating group) is 1. The van der Waals surface area contributed by atoms with Gasteiger partial charge in [-0.05, 0) is 51.2 Å². The Morgan fingerprint density at radius 2 is 1.86 bits per heavy atom. The Bertz CT molecular complexity index is 759. The Hall–Kier alpha value is -2.39. The highest BCUT2D eigenvalue weighted by molar-refractivity contribution is 6.04. The molecular formula is C22H32N3O3+. The number of nitrogens with zero attached hydrogens (tertiary/aromatic N) is 2. The summed E-state index contributed by atoms with van der Waals surface area (Å²) in [4.78, 5) is 29.0. The lowest BCUT2D eigenvalue weighted by atomic mass is 10.0. The quantitative estimate of drug-likeness (QED) is 0.446. The molecule has 0 aliphatic carbocycles. The number of quaternary nitrogens is 1. The molecule has 1 amide bonds. The SMILES string of the molecule is [C-]#[N+]c1cc(C)c(NC(=O)C(CC)[N+]2(CC)CCCCCC2)c(C(=O)OC)c1. The van der Waals surface area contributed by atoms with Crippen LogP contribution in [0.3, 0.4) is 0 Å². The summed E-state index contributed by atoms with van der Waals surface area (Å²) >= 11 is 0. The zero-order chi connectivity index (χ0) is 20.7. The first-order valence-corrected chi connectivity index (χ1v) is 10.2. The Morgan fingerprint density at radius 1 is 1.21 bits per heavy atom. The molecule has 1 atom stereocenters. The van der Waals surface area contributed by atoms with E-state index < -0.39 is 5.97 Å². The van der Waals surface area contributed by atoms with Crippen LogP contribution in [0.5, 0.6) is 0 Å². The number of benzene rings is 1. The van der Waals surface area contributed by atoms with Crippen molar-refractivity contribution in [3.63, 3.8) is 0 Å². The fraction of sp³-hybridized carbons (Fsp3) is 0.591. The van der Waals surface area contributed by atoms with Crippen LogP contribution in [0.15, 0.2) is 12.1 Å². The van der Waals surface area contributed by atoms with Crippen LogP contribution < -0.4 is 5.32 Å². The smallest absolute Gasteiger partial charge is 0.338 e. The molecule has 0 aromatic heterocycles. The Kier molecular flexibility index (Phi) is 7.59. The molecule has 0 bridgehead atoms. The second kappa shape index (κ2) is 9.70. The standard InChI is InChI=1S/C22H31N3O3/c1-6-19(25(7-2)12-10-8-9-11-13-25)21(26)24-20-16(3)14-17(23-4)15-18(20)22(27)28-5/h14-15,19H,6-13H2,1-3,5H3/p+1. The van der Waals surface area contributed by atoms with Crippen LogP contribution in [0.1, 0.15) is 61.9 Å². The molecule has 1 aliphatic heterocycles. The van der Waals surface area contributed by atoms with Crippen LogP contribution in [0, 0.1) is 13.5 Å². The van der Waals surface area contributed by atoms with Gasteiger partial charge in [-0.3, -0.25) is 4.79 Å². The van der Waals surface area contributed by atoms with E-state index in [-0.39, 0.29) is 17.5 Å². The van der Waals surface area contributed by atoms with E-state index in [9.17, 15) is 9.59 Å². The van der Waals surface area contributed by atoms with E-state index in [0.29, 0.717) is 16.9 Å². The van der Waals surface area contributed by atoms with Crippen molar-refractivity contribution < 1.29 is 18.8 Å². The molecule has 2 rings (SSSR count). The van der Waals surface area contributed by atoms with Crippen LogP contribution in [-0.2, 0) is 9.53 Å². The topological polar surface area (TPSA) is 59.8 Å². The number of aryl methyl sites for hydroxylation is 1. The van der Waals surface area contributed by atoms with Gasteiger partial charge in [0.25, 0.3) is 5.91 Å². The van der Waals surface area contributed by atoms with Gasteiger partial charge < -0.3 is 14.5 Å². The molecule has 1 aliphatic rings. The van der Waals surface area contributed by atoms with Crippen molar-refractivity contribution in [2.45, 2.75) is 58.9 Å². The van der Waals surface area contributed by atoms with E-state index >= 15 is 0 Å². The first-order chi connectivity index (χ1) is 13.4. The maximum Gasteiger partial charge on any atom is 0.338 e. The number of ether oxygens (including phenoxy) is 1. The highest BCUT2D eigenvalue weighted by Gasteiger charge is 2.40. The van der Waals surface area contributed by atoms with E-state index in [1.807, 2.05) is 0 Å². The van der Waals surface area contributed by atoms with Crippen molar-refractivity contribution >= 4 is 23.3 Å². The summed E-state index contributed by atoms with van der Waals surface area (Å²) < 4.78 is 5.68. The molecule has 0 saturated carbocycles. The number of amides is 1. The number of hydrogen-bond acceptors (Lipinski definition) is 3. The van der Waals surface area contributed by atoms with E-state index in [0.717, 1.165) is 43.4 Å². The van der Waals surface area contributed by atoms with E-state index in [4.69, 9.17) is 11.3 Å². The molecule has 152 valence electrons. The summed E-state index contributed by atoms with van der Waals surface area (Å²) in [6.07, 6.45) is 5.48. The van der Waals surface area contributed by atoms with Crippen LogP contribution in [-0.4, -0.2) is 49.1 Å². The normalized spacial score (nSPS) is 17.1. The summed E-state index contributed by atoms with van der Waals surface area (Å²) in [6.45, 7) is 16.2. The Morgan fingerprint density at radius 3 is 2.36 bits per heavy atom. The molecule has 1 heterocycles. The third-order valence-electron chi connectivity index (χ3n) is 6.04. The number of anilines is 1. The second-order valence-electron chi connectivity index (χ2n) is 7.60. The molecule has 6 heteroatoms. The molecular weight excluding hydrogens is 354 g/mol. The highest BCUT2D eigenvalue weighted by Crippen LogP contribution is 2.30. The van der Waals surface area contributed by atoms with Crippen molar-refractivity contribution in [1.82, 2.24) is 0 Å². The largest absolute Gasteiger partial charge is 0.465 e. The number of hydrogen-bond donors (Lipinski definition) is 1.